The van der Waals surface area contributed by atoms with Gasteiger partial charge >= 0.3 is 0 Å². The zero-order valence-electron chi connectivity index (χ0n) is 16.1. The molecule has 1 aromatic carbocycles. The summed E-state index contributed by atoms with van der Waals surface area (Å²) in [6, 6.07) is 8.26. The molecule has 2 aliphatic rings. The molecule has 0 spiro atoms. The van der Waals surface area contributed by atoms with E-state index >= 15 is 0 Å². The van der Waals surface area contributed by atoms with Crippen molar-refractivity contribution in [3.63, 3.8) is 0 Å². The van der Waals surface area contributed by atoms with E-state index in [0.29, 0.717) is 19.2 Å². The van der Waals surface area contributed by atoms with Gasteiger partial charge < -0.3 is 26.5 Å². The van der Waals surface area contributed by atoms with Gasteiger partial charge in [-0.15, -0.1) is 0 Å². The van der Waals surface area contributed by atoms with Gasteiger partial charge in [-0.2, -0.15) is 0 Å². The van der Waals surface area contributed by atoms with Crippen LogP contribution in [0.25, 0.3) is 0 Å². The van der Waals surface area contributed by atoms with Crippen LogP contribution in [0.1, 0.15) is 50.4 Å². The van der Waals surface area contributed by atoms with E-state index in [1.807, 2.05) is 29.2 Å². The van der Waals surface area contributed by atoms with Crippen LogP contribution < -0.4 is 26.4 Å². The number of aromatic nitrogens is 2. The Morgan fingerprint density at radius 2 is 1.96 bits per heavy atom. The van der Waals surface area contributed by atoms with Gasteiger partial charge in [0.25, 0.3) is 0 Å². The van der Waals surface area contributed by atoms with E-state index in [2.05, 4.69) is 15.3 Å². The maximum Gasteiger partial charge on any atom is 0.206 e. The summed E-state index contributed by atoms with van der Waals surface area (Å²) >= 11 is 0. The lowest BCUT2D eigenvalue weighted by molar-refractivity contribution is 0.313. The Labute approximate surface area is 165 Å². The Kier molecular flexibility index (Phi) is 5.78. The molecule has 1 aromatic heterocycles. The molecule has 8 heteroatoms. The lowest BCUT2D eigenvalue weighted by atomic mass is 9.96. The SMILES string of the molecule is NCCCOc1ccc(N2C(=NC3CCCCC3)Nc3nc[nH]c3C2N)cc1. The molecule has 6 N–H and O–H groups in total. The highest BCUT2D eigenvalue weighted by molar-refractivity contribution is 6.07. The third-order valence-corrected chi connectivity index (χ3v) is 5.31. The van der Waals surface area contributed by atoms with E-state index in [9.17, 15) is 0 Å². The summed E-state index contributed by atoms with van der Waals surface area (Å²) in [4.78, 5) is 14.5. The molecule has 8 nitrogen and oxygen atoms in total. The van der Waals surface area contributed by atoms with Gasteiger partial charge in [-0.25, -0.2) is 9.98 Å². The molecule has 0 amide bonds. The second kappa shape index (κ2) is 8.62. The molecule has 1 aliphatic heterocycles. The number of nitrogens with zero attached hydrogens (tertiary/aromatic N) is 3. The minimum Gasteiger partial charge on any atom is -0.494 e. The van der Waals surface area contributed by atoms with Crippen LogP contribution in [0.5, 0.6) is 5.75 Å². The molecule has 1 unspecified atom stereocenters. The second-order valence-corrected chi connectivity index (χ2v) is 7.33. The van der Waals surface area contributed by atoms with Gasteiger partial charge in [0, 0.05) is 5.69 Å². The molecule has 0 saturated heterocycles. The van der Waals surface area contributed by atoms with Crippen LogP contribution >= 0.6 is 0 Å². The van der Waals surface area contributed by atoms with Crippen molar-refractivity contribution < 1.29 is 4.74 Å². The Morgan fingerprint density at radius 3 is 2.71 bits per heavy atom. The lowest BCUT2D eigenvalue weighted by Crippen LogP contribution is -2.48. The molecule has 28 heavy (non-hydrogen) atoms. The Hall–Kier alpha value is -2.58. The molecule has 150 valence electrons. The second-order valence-electron chi connectivity index (χ2n) is 7.33. The first-order valence-electron chi connectivity index (χ1n) is 10.1. The summed E-state index contributed by atoms with van der Waals surface area (Å²) in [7, 11) is 0. The van der Waals surface area contributed by atoms with Gasteiger partial charge in [-0.1, -0.05) is 19.3 Å². The van der Waals surface area contributed by atoms with E-state index in [1.54, 1.807) is 6.33 Å². The first-order valence-corrected chi connectivity index (χ1v) is 10.1. The standard InChI is InChI=1S/C20H29N7O/c21-11-4-12-28-16-9-7-15(8-10-16)27-18(22)17-19(24-13-23-17)26-20(27)25-14-5-2-1-3-6-14/h7-10,13-14,18H,1-6,11-12,21-22H2,(H,23,24)(H,25,26). The monoisotopic (exact) mass is 383 g/mol. The molecule has 1 aliphatic carbocycles. The fourth-order valence-electron chi connectivity index (χ4n) is 3.79. The minimum atomic E-state index is -0.384. The zero-order valence-corrected chi connectivity index (χ0v) is 16.1. The number of fused-ring (bicyclic) bond motifs is 1. The van der Waals surface area contributed by atoms with E-state index in [0.717, 1.165) is 48.2 Å². The summed E-state index contributed by atoms with van der Waals surface area (Å²) in [5.74, 6) is 2.33. The van der Waals surface area contributed by atoms with Crippen LogP contribution in [0.2, 0.25) is 0 Å². The van der Waals surface area contributed by atoms with Crippen LogP contribution in [-0.2, 0) is 0 Å². The molecule has 1 saturated carbocycles. The third kappa shape index (κ3) is 3.98. The van der Waals surface area contributed by atoms with E-state index in [4.69, 9.17) is 21.2 Å². The lowest BCUT2D eigenvalue weighted by Gasteiger charge is -2.36. The van der Waals surface area contributed by atoms with Crippen LogP contribution in [-0.4, -0.2) is 35.1 Å². The number of hydrogen-bond donors (Lipinski definition) is 4. The normalized spacial score (nSPS) is 21.4. The first kappa shape index (κ1) is 18.8. The Balaban J connectivity index is 1.60. The number of rotatable bonds is 6. The number of anilines is 2. The number of benzene rings is 1. The summed E-state index contributed by atoms with van der Waals surface area (Å²) in [5.41, 5.74) is 13.9. The molecular formula is C20H29N7O. The van der Waals surface area contributed by atoms with Crippen LogP contribution in [0.3, 0.4) is 0 Å². The van der Waals surface area contributed by atoms with E-state index in [1.165, 1.54) is 19.3 Å². The average molecular weight is 383 g/mol. The average Bonchev–Trinajstić information content (AvgIpc) is 3.19. The van der Waals surface area contributed by atoms with Crippen LogP contribution in [0.15, 0.2) is 35.6 Å². The maximum atomic E-state index is 6.59. The Morgan fingerprint density at radius 1 is 1.18 bits per heavy atom. The summed E-state index contributed by atoms with van der Waals surface area (Å²) < 4.78 is 5.72. The summed E-state index contributed by atoms with van der Waals surface area (Å²) in [6.07, 6.45) is 8.12. The van der Waals surface area contributed by atoms with Gasteiger partial charge in [0.05, 0.1) is 24.7 Å². The van der Waals surface area contributed by atoms with Crippen molar-refractivity contribution in [3.05, 3.63) is 36.3 Å². The number of nitrogens with one attached hydrogen (secondary N) is 2. The number of guanidine groups is 1. The van der Waals surface area contributed by atoms with Crippen molar-refractivity contribution in [2.75, 3.05) is 23.4 Å². The number of H-pyrrole nitrogens is 1. The third-order valence-electron chi connectivity index (χ3n) is 5.31. The molecular weight excluding hydrogens is 354 g/mol. The summed E-state index contributed by atoms with van der Waals surface area (Å²) in [6.45, 7) is 1.24. The first-order chi connectivity index (χ1) is 13.8. The van der Waals surface area contributed by atoms with E-state index in [-0.39, 0.29) is 6.17 Å². The number of aromatic amines is 1. The van der Waals surface area contributed by atoms with Crippen molar-refractivity contribution in [1.82, 2.24) is 9.97 Å². The zero-order chi connectivity index (χ0) is 19.3. The predicted octanol–water partition coefficient (Wildman–Crippen LogP) is 2.72. The number of nitrogens with two attached hydrogens (primary N) is 2. The number of imidazole rings is 1. The van der Waals surface area contributed by atoms with Crippen LogP contribution in [0.4, 0.5) is 11.5 Å². The highest BCUT2D eigenvalue weighted by Gasteiger charge is 2.32. The van der Waals surface area contributed by atoms with Crippen LogP contribution in [0, 0.1) is 0 Å². The smallest absolute Gasteiger partial charge is 0.206 e. The predicted molar refractivity (Wildman–Crippen MR) is 112 cm³/mol. The van der Waals surface area contributed by atoms with E-state index < -0.39 is 0 Å². The molecule has 4 rings (SSSR count). The van der Waals surface area contributed by atoms with Gasteiger partial charge in [0.2, 0.25) is 5.96 Å². The summed E-state index contributed by atoms with van der Waals surface area (Å²) in [5, 5.41) is 3.37. The van der Waals surface area contributed by atoms with Crippen molar-refractivity contribution in [1.29, 1.82) is 0 Å². The number of aliphatic imine (C=N–C) groups is 1. The van der Waals surface area contributed by atoms with Crippen molar-refractivity contribution >= 4 is 17.5 Å². The molecule has 1 atom stereocenters. The van der Waals surface area contributed by atoms with Crippen molar-refractivity contribution in [2.24, 2.45) is 16.5 Å². The maximum absolute atomic E-state index is 6.59. The van der Waals surface area contributed by atoms with Gasteiger partial charge in [0.1, 0.15) is 11.9 Å². The molecule has 2 aromatic rings. The van der Waals surface area contributed by atoms with Gasteiger partial charge in [-0.05, 0) is 50.1 Å². The fraction of sp³-hybridized carbons (Fsp3) is 0.500. The molecule has 1 fully saturated rings. The minimum absolute atomic E-state index is 0.324. The topological polar surface area (TPSA) is 118 Å². The van der Waals surface area contributed by atoms with Gasteiger partial charge in [0.15, 0.2) is 5.82 Å². The number of hydrogen-bond acceptors (Lipinski definition) is 5. The van der Waals surface area contributed by atoms with Crippen molar-refractivity contribution in [3.8, 4) is 5.75 Å². The quantitative estimate of drug-likeness (QED) is 0.570. The number of ether oxygens (including phenoxy) is 1. The highest BCUT2D eigenvalue weighted by atomic mass is 16.5. The van der Waals surface area contributed by atoms with Gasteiger partial charge in [-0.3, -0.25) is 4.90 Å². The molecule has 2 heterocycles. The fourth-order valence-corrected chi connectivity index (χ4v) is 3.79. The highest BCUT2D eigenvalue weighted by Crippen LogP contribution is 2.33. The Bertz CT molecular complexity index is 795. The van der Waals surface area contributed by atoms with Crippen molar-refractivity contribution in [2.45, 2.75) is 50.7 Å². The molecule has 0 bridgehead atoms. The largest absolute Gasteiger partial charge is 0.494 e. The molecule has 0 radical (unpaired) electrons.